The van der Waals surface area contributed by atoms with E-state index in [9.17, 15) is 8.42 Å². The Morgan fingerprint density at radius 1 is 1.30 bits per heavy atom. The van der Waals surface area contributed by atoms with Crippen LogP contribution in [0, 0.1) is 0 Å². The van der Waals surface area contributed by atoms with Gasteiger partial charge in [0, 0.05) is 19.6 Å². The van der Waals surface area contributed by atoms with E-state index in [-0.39, 0.29) is 22.1 Å². The molecular formula is C13H17ClN2O3S. The lowest BCUT2D eigenvalue weighted by Crippen LogP contribution is -2.45. The van der Waals surface area contributed by atoms with Crippen LogP contribution in [0.4, 0.5) is 0 Å². The summed E-state index contributed by atoms with van der Waals surface area (Å²) in [6, 6.07) is 4.86. The van der Waals surface area contributed by atoms with Crippen LogP contribution in [-0.2, 0) is 21.3 Å². The Hall–Kier alpha value is -0.660. The van der Waals surface area contributed by atoms with Crippen molar-refractivity contribution in [3.05, 3.63) is 28.8 Å². The molecule has 2 aliphatic rings. The minimum atomic E-state index is -3.56. The number of halogens is 1. The van der Waals surface area contributed by atoms with Crippen LogP contribution in [-0.4, -0.2) is 38.0 Å². The van der Waals surface area contributed by atoms with Gasteiger partial charge in [0.15, 0.2) is 0 Å². The quantitative estimate of drug-likeness (QED) is 0.913. The normalized spacial score (nSPS) is 26.9. The maximum atomic E-state index is 12.7. The van der Waals surface area contributed by atoms with Crippen molar-refractivity contribution in [3.8, 4) is 0 Å². The molecule has 2 N–H and O–H groups in total. The third kappa shape index (κ3) is 2.46. The van der Waals surface area contributed by atoms with Crippen molar-refractivity contribution in [3.63, 3.8) is 0 Å². The number of hydrogen-bond acceptors (Lipinski definition) is 4. The molecule has 2 heterocycles. The second-order valence-corrected chi connectivity index (χ2v) is 7.56. The fourth-order valence-electron chi connectivity index (χ4n) is 2.79. The Labute approximate surface area is 123 Å². The van der Waals surface area contributed by atoms with E-state index in [0.717, 1.165) is 18.4 Å². The fourth-order valence-corrected chi connectivity index (χ4v) is 4.84. The number of rotatable bonds is 3. The Balaban J connectivity index is 1.92. The molecule has 2 aliphatic heterocycles. The van der Waals surface area contributed by atoms with Gasteiger partial charge in [0.1, 0.15) is 4.90 Å². The van der Waals surface area contributed by atoms with Crippen molar-refractivity contribution >= 4 is 21.6 Å². The lowest BCUT2D eigenvalue weighted by Gasteiger charge is -2.31. The molecule has 1 aromatic carbocycles. The first-order chi connectivity index (χ1) is 9.50. The average molecular weight is 317 g/mol. The molecular weight excluding hydrogens is 300 g/mol. The van der Waals surface area contributed by atoms with E-state index < -0.39 is 10.0 Å². The zero-order valence-electron chi connectivity index (χ0n) is 11.0. The third-order valence-electron chi connectivity index (χ3n) is 3.86. The van der Waals surface area contributed by atoms with Gasteiger partial charge in [0.25, 0.3) is 0 Å². The first-order valence-electron chi connectivity index (χ1n) is 6.65. The van der Waals surface area contributed by atoms with E-state index in [2.05, 4.69) is 0 Å². The van der Waals surface area contributed by atoms with E-state index in [0.29, 0.717) is 19.6 Å². The van der Waals surface area contributed by atoms with E-state index in [1.54, 1.807) is 12.1 Å². The van der Waals surface area contributed by atoms with Gasteiger partial charge in [-0.05, 0) is 30.5 Å². The molecule has 7 heteroatoms. The highest BCUT2D eigenvalue weighted by Gasteiger charge is 2.39. The van der Waals surface area contributed by atoms with Crippen molar-refractivity contribution < 1.29 is 13.2 Å². The molecule has 0 aromatic heterocycles. The molecule has 2 unspecified atom stereocenters. The molecule has 20 heavy (non-hydrogen) atoms. The highest BCUT2D eigenvalue weighted by molar-refractivity contribution is 7.89. The molecule has 0 aliphatic carbocycles. The molecule has 2 saturated heterocycles. The van der Waals surface area contributed by atoms with E-state index in [1.165, 1.54) is 10.4 Å². The number of morpholine rings is 1. The summed E-state index contributed by atoms with van der Waals surface area (Å²) in [5, 5.41) is 0.229. The van der Waals surface area contributed by atoms with Crippen LogP contribution in [0.5, 0.6) is 0 Å². The molecule has 0 spiro atoms. The summed E-state index contributed by atoms with van der Waals surface area (Å²) >= 11 is 6.11. The monoisotopic (exact) mass is 316 g/mol. The van der Waals surface area contributed by atoms with E-state index in [1.807, 2.05) is 0 Å². The maximum absolute atomic E-state index is 12.7. The molecule has 110 valence electrons. The Bertz CT molecular complexity index is 608. The molecule has 0 saturated carbocycles. The van der Waals surface area contributed by atoms with Gasteiger partial charge in [-0.3, -0.25) is 0 Å². The zero-order valence-corrected chi connectivity index (χ0v) is 12.5. The van der Waals surface area contributed by atoms with Gasteiger partial charge in [0.05, 0.1) is 17.2 Å². The second kappa shape index (κ2) is 5.27. The van der Waals surface area contributed by atoms with Crippen molar-refractivity contribution in [2.45, 2.75) is 36.5 Å². The van der Waals surface area contributed by atoms with Crippen LogP contribution in [0.3, 0.4) is 0 Å². The van der Waals surface area contributed by atoms with Crippen LogP contribution in [0.2, 0.25) is 5.02 Å². The molecule has 3 rings (SSSR count). The molecule has 0 amide bonds. The third-order valence-corrected chi connectivity index (χ3v) is 6.17. The molecule has 1 aromatic rings. The number of nitrogens with zero attached hydrogens (tertiary/aromatic N) is 1. The van der Waals surface area contributed by atoms with Gasteiger partial charge in [0.2, 0.25) is 10.0 Å². The SMILES string of the molecule is NCc1ccc(S(=O)(=O)N2CC3CCC(C2)O3)c(Cl)c1. The smallest absolute Gasteiger partial charge is 0.244 e. The number of nitrogens with two attached hydrogens (primary N) is 1. The largest absolute Gasteiger partial charge is 0.372 e. The van der Waals surface area contributed by atoms with Crippen LogP contribution in [0.15, 0.2) is 23.1 Å². The summed E-state index contributed by atoms with van der Waals surface area (Å²) in [6.07, 6.45) is 1.89. The first kappa shape index (κ1) is 14.3. The Kier molecular flexibility index (Phi) is 3.77. The lowest BCUT2D eigenvalue weighted by atomic mass is 10.2. The van der Waals surface area contributed by atoms with Gasteiger partial charge < -0.3 is 10.5 Å². The predicted octanol–water partition coefficient (Wildman–Crippen LogP) is 1.35. The highest BCUT2D eigenvalue weighted by atomic mass is 35.5. The fraction of sp³-hybridized carbons (Fsp3) is 0.538. The summed E-state index contributed by atoms with van der Waals surface area (Å²) in [5.41, 5.74) is 6.35. The minimum absolute atomic E-state index is 0.0191. The van der Waals surface area contributed by atoms with Gasteiger partial charge in [-0.2, -0.15) is 4.31 Å². The number of ether oxygens (including phenoxy) is 1. The number of hydrogen-bond donors (Lipinski definition) is 1. The van der Waals surface area contributed by atoms with Crippen LogP contribution in [0.25, 0.3) is 0 Å². The zero-order chi connectivity index (χ0) is 14.3. The first-order valence-corrected chi connectivity index (χ1v) is 8.46. The molecule has 2 bridgehead atoms. The molecule has 0 radical (unpaired) electrons. The number of sulfonamides is 1. The Morgan fingerprint density at radius 2 is 1.95 bits per heavy atom. The summed E-state index contributed by atoms with van der Waals surface area (Å²) in [6.45, 7) is 1.16. The maximum Gasteiger partial charge on any atom is 0.244 e. The minimum Gasteiger partial charge on any atom is -0.372 e. The van der Waals surface area contributed by atoms with Gasteiger partial charge in [-0.25, -0.2) is 8.42 Å². The summed E-state index contributed by atoms with van der Waals surface area (Å²) in [4.78, 5) is 0.151. The number of benzene rings is 1. The molecule has 2 atom stereocenters. The summed E-state index contributed by atoms with van der Waals surface area (Å²) in [7, 11) is -3.56. The highest BCUT2D eigenvalue weighted by Crippen LogP contribution is 2.32. The standard InChI is InChI=1S/C13H17ClN2O3S/c14-12-5-9(6-15)1-4-13(12)20(17,18)16-7-10-2-3-11(8-16)19-10/h1,4-5,10-11H,2-3,6-8,15H2. The second-order valence-electron chi connectivity index (χ2n) is 5.25. The van der Waals surface area contributed by atoms with E-state index >= 15 is 0 Å². The topological polar surface area (TPSA) is 72.6 Å². The molecule has 5 nitrogen and oxygen atoms in total. The lowest BCUT2D eigenvalue weighted by molar-refractivity contribution is -0.0114. The van der Waals surface area contributed by atoms with E-state index in [4.69, 9.17) is 22.1 Å². The van der Waals surface area contributed by atoms with Gasteiger partial charge in [-0.15, -0.1) is 0 Å². The summed E-state index contributed by atoms with van der Waals surface area (Å²) < 4.78 is 32.5. The summed E-state index contributed by atoms with van der Waals surface area (Å²) in [5.74, 6) is 0. The average Bonchev–Trinajstić information content (AvgIpc) is 2.76. The Morgan fingerprint density at radius 3 is 2.50 bits per heavy atom. The van der Waals surface area contributed by atoms with Crippen molar-refractivity contribution in [1.29, 1.82) is 0 Å². The predicted molar refractivity (Wildman–Crippen MR) is 76.0 cm³/mol. The van der Waals surface area contributed by atoms with Gasteiger partial charge in [-0.1, -0.05) is 17.7 Å². The van der Waals surface area contributed by atoms with Crippen LogP contribution >= 0.6 is 11.6 Å². The number of fused-ring (bicyclic) bond motifs is 2. The van der Waals surface area contributed by atoms with Crippen molar-refractivity contribution in [2.75, 3.05) is 13.1 Å². The van der Waals surface area contributed by atoms with Gasteiger partial charge >= 0.3 is 0 Å². The molecule has 2 fully saturated rings. The van der Waals surface area contributed by atoms with Crippen LogP contribution < -0.4 is 5.73 Å². The van der Waals surface area contributed by atoms with Crippen molar-refractivity contribution in [2.24, 2.45) is 5.73 Å². The van der Waals surface area contributed by atoms with Crippen LogP contribution in [0.1, 0.15) is 18.4 Å². The van der Waals surface area contributed by atoms with Crippen molar-refractivity contribution in [1.82, 2.24) is 4.31 Å².